The van der Waals surface area contributed by atoms with Crippen LogP contribution >= 0.6 is 0 Å². The fraction of sp³-hybridized carbons (Fsp3) is 0.388. The van der Waals surface area contributed by atoms with Crippen molar-refractivity contribution in [1.29, 1.82) is 0 Å². The third-order valence-electron chi connectivity index (χ3n) is 13.1. The van der Waals surface area contributed by atoms with Gasteiger partial charge in [-0.2, -0.15) is 0 Å². The zero-order valence-electron chi connectivity index (χ0n) is 37.9. The number of likely N-dealkylation sites (tertiary alicyclic amines) is 2. The molecule has 0 spiro atoms. The number of alkyl carbamates (subject to hydrolysis) is 2. The monoisotopic (exact) mass is 897 g/mol. The molecule has 2 fully saturated rings. The predicted molar refractivity (Wildman–Crippen MR) is 245 cm³/mol. The molecule has 2 saturated heterocycles. The molecule has 1 unspecified atom stereocenters. The summed E-state index contributed by atoms with van der Waals surface area (Å²) >= 11 is 0. The Morgan fingerprint density at radius 2 is 1.30 bits per heavy atom. The maximum absolute atomic E-state index is 13.9. The summed E-state index contributed by atoms with van der Waals surface area (Å²) in [5.74, 6) is 1.52. The van der Waals surface area contributed by atoms with E-state index in [1.54, 1.807) is 18.0 Å². The zero-order chi connectivity index (χ0) is 46.2. The molecule has 6 atom stereocenters. The normalized spacial score (nSPS) is 19.2. The van der Waals surface area contributed by atoms with Crippen LogP contribution in [0.1, 0.15) is 82.0 Å². The van der Waals surface area contributed by atoms with Crippen LogP contribution in [-0.4, -0.2) is 111 Å². The third kappa shape index (κ3) is 8.23. The number of ether oxygens (including phenoxy) is 4. The van der Waals surface area contributed by atoms with Crippen LogP contribution in [0.3, 0.4) is 0 Å². The molecule has 17 heteroatoms. The molecule has 3 aromatic heterocycles. The topological polar surface area (TPSA) is 198 Å². The van der Waals surface area contributed by atoms with Crippen molar-refractivity contribution < 1.29 is 38.1 Å². The van der Waals surface area contributed by atoms with E-state index < -0.39 is 36.6 Å². The Balaban J connectivity index is 0.999. The van der Waals surface area contributed by atoms with Gasteiger partial charge in [0.25, 0.3) is 0 Å². The van der Waals surface area contributed by atoms with Crippen molar-refractivity contribution in [2.24, 2.45) is 5.92 Å². The molecule has 66 heavy (non-hydrogen) atoms. The fourth-order valence-corrected chi connectivity index (χ4v) is 9.56. The maximum Gasteiger partial charge on any atom is 0.407 e. The molecule has 17 nitrogen and oxygen atoms in total. The van der Waals surface area contributed by atoms with Gasteiger partial charge in [-0.15, -0.1) is 0 Å². The molecule has 6 heterocycles. The number of fused-ring (bicyclic) bond motifs is 5. The van der Waals surface area contributed by atoms with Crippen LogP contribution in [0, 0.1) is 5.92 Å². The Morgan fingerprint density at radius 3 is 1.89 bits per heavy atom. The Hall–Kier alpha value is -7.14. The van der Waals surface area contributed by atoms with Gasteiger partial charge in [0.1, 0.15) is 29.5 Å². The molecule has 9 rings (SSSR count). The molecule has 6 aromatic rings. The second kappa shape index (κ2) is 18.4. The quantitative estimate of drug-likeness (QED) is 0.0955. The number of nitrogens with zero attached hydrogens (tertiary/aromatic N) is 5. The van der Waals surface area contributed by atoms with E-state index in [9.17, 15) is 19.2 Å². The molecular weight excluding hydrogens is 843 g/mol. The number of benzene rings is 3. The smallest absolute Gasteiger partial charge is 0.407 e. The van der Waals surface area contributed by atoms with Crippen LogP contribution in [0.25, 0.3) is 44.7 Å². The highest BCUT2D eigenvalue weighted by Gasteiger charge is 2.40. The van der Waals surface area contributed by atoms with Crippen LogP contribution in [0.5, 0.6) is 5.75 Å². The van der Waals surface area contributed by atoms with E-state index in [1.807, 2.05) is 55.3 Å². The Morgan fingerprint density at radius 1 is 0.727 bits per heavy atom. The van der Waals surface area contributed by atoms with Crippen molar-refractivity contribution in [3.8, 4) is 39.5 Å². The van der Waals surface area contributed by atoms with E-state index in [1.165, 1.54) is 21.3 Å². The van der Waals surface area contributed by atoms with Gasteiger partial charge in [0, 0.05) is 47.8 Å². The van der Waals surface area contributed by atoms with Crippen molar-refractivity contribution in [2.45, 2.75) is 83.0 Å². The zero-order valence-corrected chi connectivity index (χ0v) is 37.9. The summed E-state index contributed by atoms with van der Waals surface area (Å²) in [5.41, 5.74) is 7.35. The van der Waals surface area contributed by atoms with E-state index in [0.29, 0.717) is 36.9 Å². The number of hydrogen-bond donors (Lipinski definition) is 4. The second-order valence-corrected chi connectivity index (χ2v) is 17.4. The molecule has 4 N–H and O–H groups in total. The first-order valence-electron chi connectivity index (χ1n) is 22.4. The number of carbonyl (C=O) groups is 4. The van der Waals surface area contributed by atoms with Gasteiger partial charge in [0.15, 0.2) is 0 Å². The largest absolute Gasteiger partial charge is 0.465 e. The number of aromatic amines is 2. The van der Waals surface area contributed by atoms with Gasteiger partial charge >= 0.3 is 12.2 Å². The highest BCUT2D eigenvalue weighted by Crippen LogP contribution is 2.46. The lowest BCUT2D eigenvalue weighted by Crippen LogP contribution is -2.54. The van der Waals surface area contributed by atoms with Gasteiger partial charge in [-0.1, -0.05) is 56.3 Å². The lowest BCUT2D eigenvalue weighted by atomic mass is 10.0. The molecule has 0 saturated carbocycles. The van der Waals surface area contributed by atoms with Crippen LogP contribution < -0.4 is 15.4 Å². The van der Waals surface area contributed by atoms with E-state index in [4.69, 9.17) is 28.9 Å². The average Bonchev–Trinajstić information content (AvgIpc) is 4.20. The van der Waals surface area contributed by atoms with Crippen molar-refractivity contribution in [3.05, 3.63) is 102 Å². The van der Waals surface area contributed by atoms with E-state index in [0.717, 1.165) is 69.5 Å². The minimum atomic E-state index is -0.928. The maximum atomic E-state index is 13.9. The number of carbonyl (C=O) groups excluding carboxylic acids is 4. The van der Waals surface area contributed by atoms with Crippen molar-refractivity contribution in [2.75, 3.05) is 34.4 Å². The summed E-state index contributed by atoms with van der Waals surface area (Å²) in [6, 6.07) is 22.6. The van der Waals surface area contributed by atoms with Gasteiger partial charge in [0.2, 0.25) is 18.0 Å². The molecule has 3 aliphatic rings. The number of methoxy groups -OCH3 is 3. The summed E-state index contributed by atoms with van der Waals surface area (Å²) in [5, 5.41) is 6.38. The van der Waals surface area contributed by atoms with E-state index in [-0.39, 0.29) is 29.8 Å². The van der Waals surface area contributed by atoms with Gasteiger partial charge in [0.05, 0.1) is 67.4 Å². The van der Waals surface area contributed by atoms with Gasteiger partial charge < -0.3 is 53.9 Å². The highest BCUT2D eigenvalue weighted by atomic mass is 16.5. The van der Waals surface area contributed by atoms with Crippen LogP contribution in [-0.2, 0) is 23.8 Å². The number of nitrogens with one attached hydrogen (secondary N) is 4. The molecule has 344 valence electrons. The summed E-state index contributed by atoms with van der Waals surface area (Å²) in [7, 11) is 4.05. The minimum absolute atomic E-state index is 0.131. The number of imidazole rings is 2. The van der Waals surface area contributed by atoms with Crippen molar-refractivity contribution in [1.82, 2.24) is 44.9 Å². The molecular formula is C49H55N9O8. The molecule has 0 bridgehead atoms. The van der Waals surface area contributed by atoms with Gasteiger partial charge in [-0.05, 0) is 68.9 Å². The Bertz CT molecular complexity index is 2760. The lowest BCUT2D eigenvalue weighted by molar-refractivity contribution is -0.137. The SMILES string of the molecule is COC(=O)N[C@H](C(=O)N1CCC[C@H]1c1ncc(-c2ccc3c(c2)cc2n3[C@H](c3ccccc3)Oc3cc(-c4cnc([C@@H]5CCCN5C(=O)[C@@H](NC(=O)OC)C(C)OC)[nH]4)ccc3-2)[nH]1)C(C)C. The standard InChI is InChI=1S/C49H55N9O8/c1-27(2)41(54-48(61)64-5)45(59)56-20-10-14-37(56)43-50-25-34(52-43)30-17-19-36-32(22-30)23-39-33-18-16-31(24-40(33)66-47(58(36)39)29-12-8-7-9-13-29)35-26-51-44(53-35)38-15-11-21-57(38)46(60)42(28(3)63-4)55-49(62)65-6/h7-9,12-13,16-19,22-28,37-38,41-42,47H,10-11,14-15,20-21H2,1-6H3,(H,50,52)(H,51,53)(H,54,61)(H,55,62)/t28?,37-,38-,41-,42-,47-/m0/s1. The number of rotatable bonds is 12. The highest BCUT2D eigenvalue weighted by molar-refractivity contribution is 5.93. The van der Waals surface area contributed by atoms with Crippen LogP contribution in [0.15, 0.2) is 85.2 Å². The third-order valence-corrected chi connectivity index (χ3v) is 13.1. The molecule has 0 radical (unpaired) electrons. The lowest BCUT2D eigenvalue weighted by Gasteiger charge is -2.30. The number of amides is 4. The number of aromatic nitrogens is 5. The molecule has 4 amide bonds. The van der Waals surface area contributed by atoms with Crippen molar-refractivity contribution >= 4 is 34.9 Å². The van der Waals surface area contributed by atoms with Crippen molar-refractivity contribution in [3.63, 3.8) is 0 Å². The first-order chi connectivity index (χ1) is 32.0. The van der Waals surface area contributed by atoms with E-state index >= 15 is 0 Å². The number of H-pyrrole nitrogens is 2. The summed E-state index contributed by atoms with van der Waals surface area (Å²) < 4.78 is 24.2. The van der Waals surface area contributed by atoms with Crippen LogP contribution in [0.4, 0.5) is 9.59 Å². The molecule has 0 aliphatic carbocycles. The first-order valence-corrected chi connectivity index (χ1v) is 22.4. The predicted octanol–water partition coefficient (Wildman–Crippen LogP) is 7.49. The molecule has 3 aromatic carbocycles. The minimum Gasteiger partial charge on any atom is -0.465 e. The summed E-state index contributed by atoms with van der Waals surface area (Å²) in [4.78, 5) is 72.0. The number of hydrogen-bond acceptors (Lipinski definition) is 10. The van der Waals surface area contributed by atoms with Gasteiger partial charge in [-0.25, -0.2) is 19.6 Å². The first kappa shape index (κ1) is 44.1. The fourth-order valence-electron chi connectivity index (χ4n) is 9.56. The summed E-state index contributed by atoms with van der Waals surface area (Å²) in [6.45, 7) is 6.62. The Kier molecular flexibility index (Phi) is 12.3. The summed E-state index contributed by atoms with van der Waals surface area (Å²) in [6.07, 6.45) is 4.28. The molecule has 3 aliphatic heterocycles. The van der Waals surface area contributed by atoms with E-state index in [2.05, 4.69) is 67.6 Å². The van der Waals surface area contributed by atoms with Crippen LogP contribution in [0.2, 0.25) is 0 Å². The average molecular weight is 898 g/mol. The van der Waals surface area contributed by atoms with Gasteiger partial charge in [-0.3, -0.25) is 9.59 Å². The Labute approximate surface area is 382 Å². The second-order valence-electron chi connectivity index (χ2n) is 17.4.